The molecule has 1 aromatic rings. The average molecular weight is 307 g/mol. The second-order valence-corrected chi connectivity index (χ2v) is 8.72. The molecule has 1 unspecified atom stereocenters. The average Bonchev–Trinajstić information content (AvgIpc) is 2.81. The number of benzene rings is 1. The van der Waals surface area contributed by atoms with Crippen LogP contribution in [0.4, 0.5) is 0 Å². The summed E-state index contributed by atoms with van der Waals surface area (Å²) in [5, 5.41) is 0. The minimum atomic E-state index is -3.34. The molecule has 0 bridgehead atoms. The van der Waals surface area contributed by atoms with Crippen molar-refractivity contribution < 1.29 is 14.3 Å². The number of rotatable bonds is 3. The van der Waals surface area contributed by atoms with Crippen LogP contribution in [0.2, 0.25) is 0 Å². The molecule has 1 N–H and O–H groups in total. The molecule has 1 heterocycles. The maximum absolute atomic E-state index is 12.8. The lowest BCUT2D eigenvalue weighted by Crippen LogP contribution is -2.33. The molecule has 1 fully saturated rings. The van der Waals surface area contributed by atoms with Gasteiger partial charge in [0.2, 0.25) is 13.3 Å². The van der Waals surface area contributed by atoms with Crippen molar-refractivity contribution in [3.8, 4) is 0 Å². The number of nitrogens with zero attached hydrogens (tertiary/aromatic N) is 1. The number of fused-ring (bicyclic) bond motifs is 1. The monoisotopic (exact) mass is 307 g/mol. The molecular weight excluding hydrogens is 285 g/mol. The van der Waals surface area contributed by atoms with Crippen LogP contribution in [0.15, 0.2) is 24.3 Å². The van der Waals surface area contributed by atoms with Crippen LogP contribution >= 0.6 is 7.37 Å². The van der Waals surface area contributed by atoms with Gasteiger partial charge < -0.3 is 9.79 Å². The third kappa shape index (κ3) is 3.22. The number of carbonyl (C=O) groups is 1. The molecule has 0 spiro atoms. The molecule has 0 aromatic heterocycles. The summed E-state index contributed by atoms with van der Waals surface area (Å²) in [5.41, 5.74) is 2.13. The van der Waals surface area contributed by atoms with Crippen LogP contribution in [0.3, 0.4) is 0 Å². The van der Waals surface area contributed by atoms with E-state index >= 15 is 0 Å². The van der Waals surface area contributed by atoms with Gasteiger partial charge in [0.15, 0.2) is 0 Å². The second-order valence-electron chi connectivity index (χ2n) is 6.20. The fourth-order valence-corrected chi connectivity index (χ4v) is 5.35. The Hall–Kier alpha value is -1.12. The molecular formula is C16H22NO3P. The van der Waals surface area contributed by atoms with E-state index in [2.05, 4.69) is 0 Å². The molecule has 3 rings (SSSR count). The van der Waals surface area contributed by atoms with Gasteiger partial charge in [0.05, 0.1) is 6.29 Å². The summed E-state index contributed by atoms with van der Waals surface area (Å²) in [5.74, 6) is 0.0392. The molecule has 1 saturated heterocycles. The van der Waals surface area contributed by atoms with Gasteiger partial charge in [-0.25, -0.2) is 0 Å². The fraction of sp³-hybridized carbons (Fsp3) is 0.562. The van der Waals surface area contributed by atoms with Crippen LogP contribution in [-0.2, 0) is 22.2 Å². The summed E-state index contributed by atoms with van der Waals surface area (Å²) in [4.78, 5) is 24.2. The first-order valence-corrected chi connectivity index (χ1v) is 9.64. The van der Waals surface area contributed by atoms with E-state index in [1.54, 1.807) is 4.90 Å². The SMILES string of the molecule is O=C1CCCCCN1CP(=O)(O)C1Cc2ccccc2C1. The van der Waals surface area contributed by atoms with E-state index in [9.17, 15) is 14.3 Å². The predicted octanol–water partition coefficient (Wildman–Crippen LogP) is 2.78. The van der Waals surface area contributed by atoms with Crippen LogP contribution in [0, 0.1) is 0 Å². The van der Waals surface area contributed by atoms with E-state index in [0.717, 1.165) is 19.3 Å². The molecule has 1 atom stereocenters. The lowest BCUT2D eigenvalue weighted by molar-refractivity contribution is -0.129. The van der Waals surface area contributed by atoms with E-state index in [1.807, 2.05) is 24.3 Å². The van der Waals surface area contributed by atoms with Gasteiger partial charge in [-0.2, -0.15) is 0 Å². The summed E-state index contributed by atoms with van der Waals surface area (Å²) < 4.78 is 12.8. The molecule has 0 radical (unpaired) electrons. The summed E-state index contributed by atoms with van der Waals surface area (Å²) in [6.45, 7) is 0.628. The van der Waals surface area contributed by atoms with Gasteiger partial charge in [-0.15, -0.1) is 0 Å². The van der Waals surface area contributed by atoms with E-state index in [-0.39, 0.29) is 17.9 Å². The van der Waals surface area contributed by atoms with Gasteiger partial charge in [0, 0.05) is 18.6 Å². The van der Waals surface area contributed by atoms with Gasteiger partial charge in [0.25, 0.3) is 0 Å². The summed E-state index contributed by atoms with van der Waals surface area (Å²) in [7, 11) is -3.34. The maximum Gasteiger partial charge on any atom is 0.223 e. The Kier molecular flexibility index (Phi) is 4.19. The number of hydrogen-bond donors (Lipinski definition) is 1. The highest BCUT2D eigenvalue weighted by Gasteiger charge is 2.38. The molecule has 114 valence electrons. The van der Waals surface area contributed by atoms with Crippen molar-refractivity contribution in [3.63, 3.8) is 0 Å². The van der Waals surface area contributed by atoms with Crippen LogP contribution in [0.5, 0.6) is 0 Å². The maximum atomic E-state index is 12.8. The van der Waals surface area contributed by atoms with Gasteiger partial charge in [-0.1, -0.05) is 30.7 Å². The van der Waals surface area contributed by atoms with Crippen molar-refractivity contribution in [2.75, 3.05) is 12.8 Å². The molecule has 1 aliphatic heterocycles. The third-order valence-corrected chi connectivity index (χ3v) is 6.90. The predicted molar refractivity (Wildman–Crippen MR) is 82.5 cm³/mol. The Labute approximate surface area is 125 Å². The van der Waals surface area contributed by atoms with Crippen LogP contribution in [-0.4, -0.2) is 34.2 Å². The van der Waals surface area contributed by atoms with Gasteiger partial charge in [0.1, 0.15) is 0 Å². The summed E-state index contributed by atoms with van der Waals surface area (Å²) in [6, 6.07) is 8.02. The van der Waals surface area contributed by atoms with Crippen molar-refractivity contribution >= 4 is 13.3 Å². The third-order valence-electron chi connectivity index (χ3n) is 4.64. The van der Waals surface area contributed by atoms with Crippen molar-refractivity contribution in [1.82, 2.24) is 4.90 Å². The Balaban J connectivity index is 1.70. The van der Waals surface area contributed by atoms with Crippen LogP contribution < -0.4 is 0 Å². The molecule has 1 amide bonds. The number of hydrogen-bond acceptors (Lipinski definition) is 2. The molecule has 1 aliphatic carbocycles. The first-order chi connectivity index (χ1) is 10.1. The molecule has 0 saturated carbocycles. The standard InChI is InChI=1S/C16H22NO3P/c18-16-8-2-1-5-9-17(16)12-21(19,20)15-10-13-6-3-4-7-14(13)11-15/h3-4,6-7,15H,1-2,5,8-12H2,(H,19,20). The fourth-order valence-electron chi connectivity index (χ4n) is 3.37. The Bertz CT molecular complexity index is 562. The highest BCUT2D eigenvalue weighted by molar-refractivity contribution is 7.58. The zero-order valence-electron chi connectivity index (χ0n) is 12.2. The van der Waals surface area contributed by atoms with Crippen molar-refractivity contribution in [3.05, 3.63) is 35.4 Å². The zero-order valence-corrected chi connectivity index (χ0v) is 13.1. The van der Waals surface area contributed by atoms with E-state index in [4.69, 9.17) is 0 Å². The quantitative estimate of drug-likeness (QED) is 0.874. The minimum absolute atomic E-state index is 0.0322. The van der Waals surface area contributed by atoms with Crippen molar-refractivity contribution in [2.45, 2.75) is 44.2 Å². The first kappa shape index (κ1) is 14.8. The topological polar surface area (TPSA) is 57.6 Å². The lowest BCUT2D eigenvalue weighted by Gasteiger charge is -2.26. The summed E-state index contributed by atoms with van der Waals surface area (Å²) in [6.07, 6.45) is 4.75. The minimum Gasteiger partial charge on any atom is -0.343 e. The first-order valence-electron chi connectivity index (χ1n) is 7.72. The Morgan fingerprint density at radius 1 is 1.14 bits per heavy atom. The molecule has 4 nitrogen and oxygen atoms in total. The van der Waals surface area contributed by atoms with E-state index in [1.165, 1.54) is 11.1 Å². The smallest absolute Gasteiger partial charge is 0.223 e. The Morgan fingerprint density at radius 3 is 2.48 bits per heavy atom. The van der Waals surface area contributed by atoms with E-state index < -0.39 is 7.37 Å². The molecule has 1 aromatic carbocycles. The van der Waals surface area contributed by atoms with E-state index in [0.29, 0.717) is 25.8 Å². The number of carbonyl (C=O) groups excluding carboxylic acids is 1. The zero-order chi connectivity index (χ0) is 14.9. The van der Waals surface area contributed by atoms with Crippen molar-refractivity contribution in [2.24, 2.45) is 0 Å². The lowest BCUT2D eigenvalue weighted by atomic mass is 10.1. The summed E-state index contributed by atoms with van der Waals surface area (Å²) >= 11 is 0. The van der Waals surface area contributed by atoms with Crippen LogP contribution in [0.25, 0.3) is 0 Å². The molecule has 5 heteroatoms. The normalized spacial score (nSPS) is 22.7. The van der Waals surface area contributed by atoms with Gasteiger partial charge >= 0.3 is 0 Å². The Morgan fingerprint density at radius 2 is 1.81 bits per heavy atom. The number of amides is 1. The highest BCUT2D eigenvalue weighted by Crippen LogP contribution is 2.52. The largest absolute Gasteiger partial charge is 0.343 e. The number of likely N-dealkylation sites (tertiary alicyclic amines) is 1. The molecule has 21 heavy (non-hydrogen) atoms. The van der Waals surface area contributed by atoms with Gasteiger partial charge in [-0.05, 0) is 36.8 Å². The van der Waals surface area contributed by atoms with Crippen LogP contribution in [0.1, 0.15) is 36.8 Å². The van der Waals surface area contributed by atoms with Crippen molar-refractivity contribution in [1.29, 1.82) is 0 Å². The second kappa shape index (κ2) is 5.94. The molecule has 2 aliphatic rings. The highest BCUT2D eigenvalue weighted by atomic mass is 31.2. The van der Waals surface area contributed by atoms with Gasteiger partial charge in [-0.3, -0.25) is 9.36 Å².